The average Bonchev–Trinajstić information content (AvgIpc) is 2.38. The molecule has 0 aliphatic carbocycles. The first kappa shape index (κ1) is 16.7. The van der Waals surface area contributed by atoms with Crippen molar-refractivity contribution >= 4 is 17.7 Å². The molecule has 1 atom stereocenters. The predicted octanol–water partition coefficient (Wildman–Crippen LogP) is 0.757. The Kier molecular flexibility index (Phi) is 6.49. The first-order valence-electron chi connectivity index (χ1n) is 6.38. The number of halogens is 2. The molecule has 4 nitrogen and oxygen atoms in total. The summed E-state index contributed by atoms with van der Waals surface area (Å²) in [6.45, 7) is 2.17. The van der Waals surface area contributed by atoms with Crippen molar-refractivity contribution in [3.63, 3.8) is 0 Å². The Morgan fingerprint density at radius 2 is 1.95 bits per heavy atom. The molecule has 0 bridgehead atoms. The van der Waals surface area contributed by atoms with E-state index in [1.807, 2.05) is 13.2 Å². The number of carbonyl (C=O) groups is 1. The molecule has 7 heteroatoms. The van der Waals surface area contributed by atoms with Gasteiger partial charge in [-0.2, -0.15) is 11.8 Å². The predicted molar refractivity (Wildman–Crippen MR) is 72.6 cm³/mol. The molecule has 1 aliphatic heterocycles. The van der Waals surface area contributed by atoms with Gasteiger partial charge < -0.3 is 10.0 Å². The van der Waals surface area contributed by atoms with Gasteiger partial charge in [-0.05, 0) is 6.26 Å². The Balaban J connectivity index is 2.38. The van der Waals surface area contributed by atoms with Crippen LogP contribution in [0, 0.1) is 5.92 Å². The van der Waals surface area contributed by atoms with Crippen LogP contribution in [0.2, 0.25) is 0 Å². The molecule has 1 unspecified atom stereocenters. The quantitative estimate of drug-likeness (QED) is 0.786. The van der Waals surface area contributed by atoms with E-state index in [1.165, 1.54) is 0 Å². The summed E-state index contributed by atoms with van der Waals surface area (Å²) in [4.78, 5) is 15.4. The van der Waals surface area contributed by atoms with Gasteiger partial charge in [0, 0.05) is 37.8 Å². The lowest BCUT2D eigenvalue weighted by atomic mass is 10.1. The van der Waals surface area contributed by atoms with E-state index < -0.39 is 19.1 Å². The van der Waals surface area contributed by atoms with Crippen molar-refractivity contribution in [1.29, 1.82) is 0 Å². The molecule has 112 valence electrons. The third kappa shape index (κ3) is 5.24. The number of hydrogen-bond donors (Lipinski definition) is 1. The number of aliphatic hydroxyl groups is 1. The number of alkyl halides is 2. The van der Waals surface area contributed by atoms with E-state index in [2.05, 4.69) is 0 Å². The molecule has 0 saturated carbocycles. The number of hydrogen-bond acceptors (Lipinski definition) is 4. The van der Waals surface area contributed by atoms with Crippen LogP contribution in [0.1, 0.15) is 6.92 Å². The molecule has 0 spiro atoms. The first-order chi connectivity index (χ1) is 8.89. The van der Waals surface area contributed by atoms with Gasteiger partial charge in [0.1, 0.15) is 6.61 Å². The van der Waals surface area contributed by atoms with Gasteiger partial charge in [-0.1, -0.05) is 6.92 Å². The molecule has 1 N–H and O–H groups in total. The van der Waals surface area contributed by atoms with Gasteiger partial charge in [0.15, 0.2) is 0 Å². The van der Waals surface area contributed by atoms with Crippen LogP contribution in [0.4, 0.5) is 8.78 Å². The van der Waals surface area contributed by atoms with Crippen molar-refractivity contribution in [3.05, 3.63) is 0 Å². The second kappa shape index (κ2) is 7.40. The summed E-state index contributed by atoms with van der Waals surface area (Å²) in [5.74, 6) is -2.21. The molecule has 1 aliphatic rings. The highest BCUT2D eigenvalue weighted by Crippen LogP contribution is 2.17. The normalized spacial score (nSPS) is 19.5. The van der Waals surface area contributed by atoms with Crippen LogP contribution in [0.3, 0.4) is 0 Å². The van der Waals surface area contributed by atoms with Crippen LogP contribution in [-0.2, 0) is 4.79 Å². The van der Waals surface area contributed by atoms with Crippen LogP contribution in [0.25, 0.3) is 0 Å². The Labute approximate surface area is 117 Å². The lowest BCUT2D eigenvalue weighted by molar-refractivity contribution is -0.137. The van der Waals surface area contributed by atoms with Gasteiger partial charge in [-0.3, -0.25) is 9.69 Å². The number of aliphatic hydroxyl groups excluding tert-OH is 1. The lowest BCUT2D eigenvalue weighted by Crippen LogP contribution is -2.53. The van der Waals surface area contributed by atoms with Crippen LogP contribution < -0.4 is 0 Å². The molecule has 1 amide bonds. The minimum atomic E-state index is -3.06. The smallest absolute Gasteiger partial charge is 0.283 e. The summed E-state index contributed by atoms with van der Waals surface area (Å²) in [5, 5.41) is 8.55. The standard InChI is InChI=1S/C12H22F2N2O2S/c1-10(7-19-2)11(18)16-5-3-15(4-6-16)8-12(13,14)9-17/h10,17H,3-9H2,1-2H3. The van der Waals surface area contributed by atoms with Gasteiger partial charge in [0.25, 0.3) is 5.92 Å². The summed E-state index contributed by atoms with van der Waals surface area (Å²) in [7, 11) is 0. The van der Waals surface area contributed by atoms with Gasteiger partial charge >= 0.3 is 0 Å². The molecule has 1 heterocycles. The van der Waals surface area contributed by atoms with E-state index in [1.54, 1.807) is 21.6 Å². The molecular weight excluding hydrogens is 274 g/mol. The third-order valence-corrected chi connectivity index (χ3v) is 4.04. The number of piperazine rings is 1. The molecule has 1 rings (SSSR count). The summed E-state index contributed by atoms with van der Waals surface area (Å²) in [6, 6.07) is 0. The van der Waals surface area contributed by atoms with E-state index in [0.29, 0.717) is 26.2 Å². The molecule has 0 radical (unpaired) electrons. The molecule has 1 saturated heterocycles. The third-order valence-electron chi connectivity index (χ3n) is 3.21. The monoisotopic (exact) mass is 296 g/mol. The van der Waals surface area contributed by atoms with Crippen molar-refractivity contribution in [2.24, 2.45) is 5.92 Å². The molecule has 0 aromatic rings. The molecular formula is C12H22F2N2O2S. The maximum Gasteiger partial charge on any atom is 0.283 e. The van der Waals surface area contributed by atoms with Crippen LogP contribution in [0.15, 0.2) is 0 Å². The minimum absolute atomic E-state index is 0.0274. The highest BCUT2D eigenvalue weighted by atomic mass is 32.2. The Morgan fingerprint density at radius 1 is 1.37 bits per heavy atom. The fourth-order valence-electron chi connectivity index (χ4n) is 2.14. The summed E-state index contributed by atoms with van der Waals surface area (Å²) in [6.07, 6.45) is 1.96. The van der Waals surface area contributed by atoms with Crippen LogP contribution in [-0.4, -0.2) is 78.1 Å². The van der Waals surface area contributed by atoms with Gasteiger partial charge in [-0.25, -0.2) is 8.78 Å². The summed E-state index contributed by atoms with van der Waals surface area (Å²) < 4.78 is 26.1. The second-order valence-corrected chi connectivity index (χ2v) is 5.88. The second-order valence-electron chi connectivity index (χ2n) is 4.97. The summed E-state index contributed by atoms with van der Waals surface area (Å²) >= 11 is 1.63. The largest absolute Gasteiger partial charge is 0.390 e. The number of carbonyl (C=O) groups excluding carboxylic acids is 1. The summed E-state index contributed by atoms with van der Waals surface area (Å²) in [5.41, 5.74) is 0. The van der Waals surface area contributed by atoms with Gasteiger partial charge in [0.05, 0.1) is 6.54 Å². The van der Waals surface area contributed by atoms with Crippen molar-refractivity contribution in [2.45, 2.75) is 12.8 Å². The van der Waals surface area contributed by atoms with Crippen LogP contribution >= 0.6 is 11.8 Å². The SMILES string of the molecule is CSCC(C)C(=O)N1CCN(CC(F)(F)CO)CC1. The number of nitrogens with zero attached hydrogens (tertiary/aromatic N) is 2. The van der Waals surface area contributed by atoms with Crippen molar-refractivity contribution in [2.75, 3.05) is 51.3 Å². The zero-order valence-electron chi connectivity index (χ0n) is 11.4. The van der Waals surface area contributed by atoms with E-state index in [4.69, 9.17) is 5.11 Å². The highest BCUT2D eigenvalue weighted by molar-refractivity contribution is 7.98. The van der Waals surface area contributed by atoms with Crippen LogP contribution in [0.5, 0.6) is 0 Å². The Morgan fingerprint density at radius 3 is 2.42 bits per heavy atom. The topological polar surface area (TPSA) is 43.8 Å². The molecule has 0 aromatic carbocycles. The fraction of sp³-hybridized carbons (Fsp3) is 0.917. The van der Waals surface area contributed by atoms with E-state index in [0.717, 1.165) is 5.75 Å². The molecule has 1 fully saturated rings. The zero-order valence-corrected chi connectivity index (χ0v) is 12.3. The number of rotatable bonds is 6. The lowest BCUT2D eigenvalue weighted by Gasteiger charge is -2.37. The maximum atomic E-state index is 13.0. The van der Waals surface area contributed by atoms with Crippen molar-refractivity contribution < 1.29 is 18.7 Å². The van der Waals surface area contributed by atoms with Gasteiger partial charge in [0.2, 0.25) is 5.91 Å². The Bertz CT molecular complexity index is 297. The number of amides is 1. The number of thioether (sulfide) groups is 1. The van der Waals surface area contributed by atoms with Gasteiger partial charge in [-0.15, -0.1) is 0 Å². The zero-order chi connectivity index (χ0) is 14.5. The fourth-order valence-corrected chi connectivity index (χ4v) is 2.78. The van der Waals surface area contributed by atoms with Crippen molar-refractivity contribution in [1.82, 2.24) is 9.80 Å². The molecule has 19 heavy (non-hydrogen) atoms. The highest BCUT2D eigenvalue weighted by Gasteiger charge is 2.33. The van der Waals surface area contributed by atoms with E-state index in [9.17, 15) is 13.6 Å². The minimum Gasteiger partial charge on any atom is -0.390 e. The van der Waals surface area contributed by atoms with Crippen molar-refractivity contribution in [3.8, 4) is 0 Å². The average molecular weight is 296 g/mol. The van der Waals surface area contributed by atoms with E-state index >= 15 is 0 Å². The first-order valence-corrected chi connectivity index (χ1v) is 7.78. The van der Waals surface area contributed by atoms with E-state index in [-0.39, 0.29) is 11.8 Å². The Hall–Kier alpha value is -0.400. The maximum absolute atomic E-state index is 13.0. The molecule has 0 aromatic heterocycles.